The van der Waals surface area contributed by atoms with Crippen LogP contribution < -0.4 is 29.1 Å². The van der Waals surface area contributed by atoms with Gasteiger partial charge < -0.3 is 18.9 Å². The van der Waals surface area contributed by atoms with Gasteiger partial charge in [0.1, 0.15) is 12.4 Å². The molecule has 0 amide bonds. The van der Waals surface area contributed by atoms with Crippen LogP contribution in [0, 0.1) is 0 Å². The van der Waals surface area contributed by atoms with Crippen molar-refractivity contribution in [3.8, 4) is 17.2 Å². The number of esters is 1. The molecule has 1 atom stereocenters. The third-order valence-electron chi connectivity index (χ3n) is 7.50. The van der Waals surface area contributed by atoms with E-state index in [1.165, 1.54) is 29.2 Å². The number of fused-ring (bicyclic) bond motifs is 2. The van der Waals surface area contributed by atoms with Gasteiger partial charge in [-0.3, -0.25) is 9.36 Å². The van der Waals surface area contributed by atoms with Gasteiger partial charge in [-0.2, -0.15) is 0 Å². The summed E-state index contributed by atoms with van der Waals surface area (Å²) in [5, 5.41) is 2.56. The van der Waals surface area contributed by atoms with Crippen LogP contribution in [0.2, 0.25) is 5.02 Å². The molecule has 0 saturated carbocycles. The minimum Gasteiger partial charge on any atom is -0.490 e. The molecule has 0 bridgehead atoms. The largest absolute Gasteiger partial charge is 0.490 e. The predicted octanol–water partition coefficient (Wildman–Crippen LogP) is 6.20. The minimum absolute atomic E-state index is 0.226. The number of hydrogen-bond acceptors (Lipinski definition) is 8. The highest BCUT2D eigenvalue weighted by atomic mass is 35.5. The molecule has 10 heteroatoms. The summed E-state index contributed by atoms with van der Waals surface area (Å²) in [6.07, 6.45) is 3.31. The minimum atomic E-state index is -0.799. The van der Waals surface area contributed by atoms with Gasteiger partial charge in [-0.15, -0.1) is 0 Å². The molecule has 6 rings (SSSR count). The zero-order chi connectivity index (χ0) is 32.2. The Bertz CT molecular complexity index is 2150. The first-order valence-corrected chi connectivity index (χ1v) is 16.0. The highest BCUT2D eigenvalue weighted by molar-refractivity contribution is 7.07. The molecule has 2 heterocycles. The van der Waals surface area contributed by atoms with Crippen molar-refractivity contribution in [2.24, 2.45) is 4.99 Å². The third-order valence-corrected chi connectivity index (χ3v) is 8.73. The molecule has 0 unspecified atom stereocenters. The van der Waals surface area contributed by atoms with Crippen molar-refractivity contribution in [2.75, 3.05) is 20.3 Å². The molecule has 0 N–H and O–H groups in total. The third kappa shape index (κ3) is 6.16. The summed E-state index contributed by atoms with van der Waals surface area (Å²) in [6, 6.07) is 23.9. The van der Waals surface area contributed by atoms with Crippen molar-refractivity contribution < 1.29 is 23.7 Å². The fourth-order valence-corrected chi connectivity index (χ4v) is 6.62. The molecule has 0 fully saturated rings. The number of rotatable bonds is 10. The van der Waals surface area contributed by atoms with Crippen LogP contribution in [-0.2, 0) is 16.1 Å². The number of aromatic nitrogens is 1. The fraction of sp³-hybridized carbons (Fsp3) is 0.194. The van der Waals surface area contributed by atoms with E-state index >= 15 is 0 Å². The van der Waals surface area contributed by atoms with Crippen LogP contribution >= 0.6 is 22.9 Å². The number of nitrogens with zero attached hydrogens (tertiary/aromatic N) is 2. The first-order valence-electron chi connectivity index (χ1n) is 14.8. The molecule has 5 aromatic rings. The Morgan fingerprint density at radius 2 is 1.72 bits per heavy atom. The molecule has 234 valence electrons. The van der Waals surface area contributed by atoms with E-state index < -0.39 is 12.0 Å². The Kier molecular flexibility index (Phi) is 9.23. The van der Waals surface area contributed by atoms with Gasteiger partial charge in [0, 0.05) is 16.8 Å². The van der Waals surface area contributed by atoms with Crippen LogP contribution in [0.25, 0.3) is 16.8 Å². The van der Waals surface area contributed by atoms with E-state index in [0.717, 1.165) is 21.9 Å². The second-order valence-electron chi connectivity index (χ2n) is 10.4. The lowest BCUT2D eigenvalue weighted by atomic mass is 9.97. The van der Waals surface area contributed by atoms with E-state index in [0.29, 0.717) is 57.0 Å². The molecule has 1 aliphatic heterocycles. The van der Waals surface area contributed by atoms with Crippen LogP contribution in [0.1, 0.15) is 36.6 Å². The zero-order valence-electron chi connectivity index (χ0n) is 25.5. The van der Waals surface area contributed by atoms with E-state index in [2.05, 4.69) is 4.99 Å². The second kappa shape index (κ2) is 13.6. The van der Waals surface area contributed by atoms with Crippen LogP contribution in [0.5, 0.6) is 17.2 Å². The first kappa shape index (κ1) is 31.1. The molecule has 1 aliphatic rings. The lowest BCUT2D eigenvalue weighted by Crippen LogP contribution is -2.39. The smallest absolute Gasteiger partial charge is 0.337 e. The van der Waals surface area contributed by atoms with Gasteiger partial charge in [-0.05, 0) is 72.2 Å². The average molecular weight is 655 g/mol. The van der Waals surface area contributed by atoms with Gasteiger partial charge in [0.05, 0.1) is 36.5 Å². The Labute approximate surface area is 274 Å². The Morgan fingerprint density at radius 1 is 0.935 bits per heavy atom. The van der Waals surface area contributed by atoms with Gasteiger partial charge in [0.2, 0.25) is 0 Å². The molecule has 8 nitrogen and oxygen atoms in total. The molecular weight excluding hydrogens is 624 g/mol. The lowest BCUT2D eigenvalue weighted by Gasteiger charge is -2.23. The van der Waals surface area contributed by atoms with E-state index in [9.17, 15) is 9.59 Å². The summed E-state index contributed by atoms with van der Waals surface area (Å²) < 4.78 is 25.0. The monoisotopic (exact) mass is 654 g/mol. The van der Waals surface area contributed by atoms with Crippen LogP contribution in [0.3, 0.4) is 0 Å². The van der Waals surface area contributed by atoms with E-state index in [1.807, 2.05) is 86.7 Å². The maximum atomic E-state index is 14.3. The van der Waals surface area contributed by atoms with Crippen LogP contribution in [0.15, 0.2) is 100 Å². The molecule has 0 spiro atoms. The van der Waals surface area contributed by atoms with Crippen molar-refractivity contribution in [1.29, 1.82) is 0 Å². The SMILES string of the molecule is CCOc1ccc([C@H]2C(C(=O)OC)=CN=c3s/c(=C/c4c(OCc5cccc(Cl)c5)ccc5ccccc45)c(=O)n32)cc1OCC. The van der Waals surface area contributed by atoms with Gasteiger partial charge in [0.15, 0.2) is 16.3 Å². The van der Waals surface area contributed by atoms with E-state index in [4.69, 9.17) is 30.5 Å². The average Bonchev–Trinajstić information content (AvgIpc) is 3.39. The molecule has 1 aromatic heterocycles. The Balaban J connectivity index is 1.50. The van der Waals surface area contributed by atoms with E-state index in [1.54, 1.807) is 12.1 Å². The highest BCUT2D eigenvalue weighted by Gasteiger charge is 2.31. The van der Waals surface area contributed by atoms with Crippen LogP contribution in [0.4, 0.5) is 0 Å². The fourth-order valence-electron chi connectivity index (χ4n) is 5.46. The number of carbonyl (C=O) groups excluding carboxylic acids is 1. The summed E-state index contributed by atoms with van der Waals surface area (Å²) in [6.45, 7) is 4.94. The van der Waals surface area contributed by atoms with Crippen molar-refractivity contribution in [3.63, 3.8) is 0 Å². The maximum Gasteiger partial charge on any atom is 0.337 e. The van der Waals surface area contributed by atoms with Crippen molar-refractivity contribution in [2.45, 2.75) is 26.5 Å². The number of thiazole rings is 1. The Hall–Kier alpha value is -4.86. The number of ether oxygens (including phenoxy) is 4. The molecule has 46 heavy (non-hydrogen) atoms. The predicted molar refractivity (Wildman–Crippen MR) is 180 cm³/mol. The number of carbonyl (C=O) groups is 1. The van der Waals surface area contributed by atoms with Gasteiger partial charge in [-0.25, -0.2) is 9.79 Å². The highest BCUT2D eigenvalue weighted by Crippen LogP contribution is 2.35. The number of methoxy groups -OCH3 is 1. The summed E-state index contributed by atoms with van der Waals surface area (Å²) in [5.41, 5.74) is 2.26. The number of hydrogen-bond donors (Lipinski definition) is 0. The number of benzene rings is 4. The summed E-state index contributed by atoms with van der Waals surface area (Å²) in [5.74, 6) is 1.12. The summed E-state index contributed by atoms with van der Waals surface area (Å²) in [4.78, 5) is 32.3. The van der Waals surface area contributed by atoms with Crippen molar-refractivity contribution >= 4 is 45.8 Å². The summed E-state index contributed by atoms with van der Waals surface area (Å²) in [7, 11) is 1.31. The maximum absolute atomic E-state index is 14.3. The Morgan fingerprint density at radius 3 is 2.50 bits per heavy atom. The van der Waals surface area contributed by atoms with Gasteiger partial charge in [0.25, 0.3) is 5.56 Å². The topological polar surface area (TPSA) is 88.4 Å². The lowest BCUT2D eigenvalue weighted by molar-refractivity contribution is -0.136. The van der Waals surface area contributed by atoms with Crippen molar-refractivity contribution in [1.82, 2.24) is 4.57 Å². The van der Waals surface area contributed by atoms with Gasteiger partial charge in [-0.1, -0.05) is 71.5 Å². The van der Waals surface area contributed by atoms with Crippen molar-refractivity contribution in [3.05, 3.63) is 132 Å². The molecule has 0 aliphatic carbocycles. The normalized spacial score (nSPS) is 14.3. The zero-order valence-corrected chi connectivity index (χ0v) is 27.1. The molecule has 0 saturated heterocycles. The standard InChI is InChI=1S/C36H31ClN2O6S/c1-4-43-30-16-14-24(18-31(30)44-5-2)33-28(35(41)42-3)20-38-36-39(33)34(40)32(46-36)19-27-26-12-7-6-10-23(26)13-15-29(27)45-21-22-9-8-11-25(37)17-22/h6-20,33H,4-5,21H2,1-3H3/b32-19+/t33-/m0/s1. The number of halogens is 1. The molecule has 4 aromatic carbocycles. The molecule has 0 radical (unpaired) electrons. The summed E-state index contributed by atoms with van der Waals surface area (Å²) >= 11 is 7.44. The van der Waals surface area contributed by atoms with Crippen LogP contribution in [-0.4, -0.2) is 30.9 Å². The quantitative estimate of drug-likeness (QED) is 0.167. The molecular formula is C36H31ClN2O6S. The van der Waals surface area contributed by atoms with Gasteiger partial charge >= 0.3 is 5.97 Å². The second-order valence-corrected chi connectivity index (χ2v) is 11.8. The first-order chi connectivity index (χ1) is 22.4. The van der Waals surface area contributed by atoms with E-state index in [-0.39, 0.29) is 11.1 Å².